The van der Waals surface area contributed by atoms with E-state index in [0.717, 1.165) is 5.56 Å². The summed E-state index contributed by atoms with van der Waals surface area (Å²) < 4.78 is 5.54. The quantitative estimate of drug-likeness (QED) is 0.356. The summed E-state index contributed by atoms with van der Waals surface area (Å²) in [6.45, 7) is 0.390. The Morgan fingerprint density at radius 2 is 1.75 bits per heavy atom. The van der Waals surface area contributed by atoms with E-state index in [1.54, 1.807) is 24.3 Å². The van der Waals surface area contributed by atoms with Crippen LogP contribution in [0, 0.1) is 0 Å². The Labute approximate surface area is 192 Å². The standard InChI is InChI=1S/C25H27ClN2O4/c26-20-6-4-5-19(14-20)25(31)28-21-11-9-18(10-12-21)13-22(16-29)27-15-23(30)17-32-24-7-2-1-3-8-24/h1-12,14,22-23,27,29-30H,13,15-17H2,(H,28,31)/t22-,23-/m0/s1. The van der Waals surface area contributed by atoms with Crippen LogP contribution in [0.4, 0.5) is 5.69 Å². The molecule has 0 spiro atoms. The summed E-state index contributed by atoms with van der Waals surface area (Å²) in [5, 5.41) is 26.3. The van der Waals surface area contributed by atoms with Crippen LogP contribution in [-0.2, 0) is 6.42 Å². The number of halogens is 1. The number of amides is 1. The van der Waals surface area contributed by atoms with Crippen LogP contribution in [0.3, 0.4) is 0 Å². The second-order valence-electron chi connectivity index (χ2n) is 7.43. The maximum Gasteiger partial charge on any atom is 0.255 e. The molecular weight excluding hydrogens is 428 g/mol. The molecule has 0 unspecified atom stereocenters. The van der Waals surface area contributed by atoms with Gasteiger partial charge in [0.05, 0.1) is 6.61 Å². The molecule has 4 N–H and O–H groups in total. The third-order valence-corrected chi connectivity index (χ3v) is 5.06. The largest absolute Gasteiger partial charge is 0.491 e. The van der Waals surface area contributed by atoms with Crippen molar-refractivity contribution in [1.82, 2.24) is 5.32 Å². The molecule has 0 radical (unpaired) electrons. The number of carbonyl (C=O) groups excluding carboxylic acids is 1. The Morgan fingerprint density at radius 3 is 2.44 bits per heavy atom. The normalized spacial score (nSPS) is 12.7. The molecule has 3 rings (SSSR count). The van der Waals surface area contributed by atoms with Gasteiger partial charge in [0.15, 0.2) is 0 Å². The van der Waals surface area contributed by atoms with Crippen LogP contribution in [0.1, 0.15) is 15.9 Å². The van der Waals surface area contributed by atoms with Gasteiger partial charge in [-0.2, -0.15) is 0 Å². The van der Waals surface area contributed by atoms with Gasteiger partial charge in [-0.05, 0) is 54.4 Å². The molecule has 0 saturated carbocycles. The van der Waals surface area contributed by atoms with Gasteiger partial charge >= 0.3 is 0 Å². The van der Waals surface area contributed by atoms with E-state index in [4.69, 9.17) is 16.3 Å². The van der Waals surface area contributed by atoms with Crippen molar-refractivity contribution >= 4 is 23.2 Å². The average Bonchev–Trinajstić information content (AvgIpc) is 2.82. The van der Waals surface area contributed by atoms with E-state index < -0.39 is 6.10 Å². The molecule has 0 aliphatic rings. The van der Waals surface area contributed by atoms with E-state index in [1.165, 1.54) is 0 Å². The van der Waals surface area contributed by atoms with E-state index in [-0.39, 0.29) is 25.2 Å². The van der Waals surface area contributed by atoms with Gasteiger partial charge in [-0.3, -0.25) is 4.79 Å². The highest BCUT2D eigenvalue weighted by Crippen LogP contribution is 2.15. The SMILES string of the molecule is O=C(Nc1ccc(C[C@@H](CO)NC[C@H](O)COc2ccccc2)cc1)c1cccc(Cl)c1. The lowest BCUT2D eigenvalue weighted by molar-refractivity contribution is 0.0997. The van der Waals surface area contributed by atoms with Gasteiger partial charge in [-0.15, -0.1) is 0 Å². The smallest absolute Gasteiger partial charge is 0.255 e. The highest BCUT2D eigenvalue weighted by atomic mass is 35.5. The van der Waals surface area contributed by atoms with Crippen LogP contribution in [0.2, 0.25) is 5.02 Å². The molecule has 0 aromatic heterocycles. The van der Waals surface area contributed by atoms with Crippen molar-refractivity contribution in [2.45, 2.75) is 18.6 Å². The molecule has 3 aromatic carbocycles. The van der Waals surface area contributed by atoms with E-state index >= 15 is 0 Å². The fourth-order valence-electron chi connectivity index (χ4n) is 3.11. The molecule has 2 atom stereocenters. The van der Waals surface area contributed by atoms with Crippen LogP contribution >= 0.6 is 11.6 Å². The fourth-order valence-corrected chi connectivity index (χ4v) is 3.30. The summed E-state index contributed by atoms with van der Waals surface area (Å²) >= 11 is 5.94. The summed E-state index contributed by atoms with van der Waals surface area (Å²) in [6, 6.07) is 23.3. The Bertz CT molecular complexity index is 983. The number of nitrogens with one attached hydrogen (secondary N) is 2. The first-order valence-corrected chi connectivity index (χ1v) is 10.8. The van der Waals surface area contributed by atoms with Crippen LogP contribution in [-0.4, -0.2) is 48.0 Å². The number of aliphatic hydroxyl groups is 2. The molecule has 0 fully saturated rings. The molecule has 32 heavy (non-hydrogen) atoms. The number of benzene rings is 3. The van der Waals surface area contributed by atoms with Crippen LogP contribution < -0.4 is 15.4 Å². The van der Waals surface area contributed by atoms with Crippen molar-refractivity contribution in [1.29, 1.82) is 0 Å². The monoisotopic (exact) mass is 454 g/mol. The maximum atomic E-state index is 12.3. The summed E-state index contributed by atoms with van der Waals surface area (Å²) in [4.78, 5) is 12.3. The van der Waals surface area contributed by atoms with Crippen LogP contribution in [0.5, 0.6) is 5.75 Å². The average molecular weight is 455 g/mol. The molecular formula is C25H27ClN2O4. The molecule has 7 heteroatoms. The van der Waals surface area contributed by atoms with Gasteiger partial charge in [-0.25, -0.2) is 0 Å². The van der Waals surface area contributed by atoms with Crippen molar-refractivity contribution in [2.75, 3.05) is 25.1 Å². The number of rotatable bonds is 11. The van der Waals surface area contributed by atoms with E-state index in [1.807, 2.05) is 54.6 Å². The topological polar surface area (TPSA) is 90.8 Å². The molecule has 1 amide bonds. The Kier molecular flexibility index (Phi) is 9.07. The first-order valence-electron chi connectivity index (χ1n) is 10.4. The van der Waals surface area contributed by atoms with E-state index in [9.17, 15) is 15.0 Å². The molecule has 0 aliphatic carbocycles. The highest BCUT2D eigenvalue weighted by Gasteiger charge is 2.12. The van der Waals surface area contributed by atoms with Gasteiger partial charge in [0.1, 0.15) is 18.5 Å². The molecule has 3 aromatic rings. The minimum Gasteiger partial charge on any atom is -0.491 e. The van der Waals surface area contributed by atoms with Gasteiger partial charge in [0.25, 0.3) is 5.91 Å². The number of para-hydroxylation sites is 1. The lowest BCUT2D eigenvalue weighted by atomic mass is 10.1. The van der Waals surface area contributed by atoms with Gasteiger partial charge in [0.2, 0.25) is 0 Å². The molecule has 0 aliphatic heterocycles. The van der Waals surface area contributed by atoms with Crippen molar-refractivity contribution in [3.63, 3.8) is 0 Å². The van der Waals surface area contributed by atoms with Crippen molar-refractivity contribution in [2.24, 2.45) is 0 Å². The van der Waals surface area contributed by atoms with E-state index in [2.05, 4.69) is 10.6 Å². The van der Waals surface area contributed by atoms with Crippen molar-refractivity contribution in [3.8, 4) is 5.75 Å². The van der Waals surface area contributed by atoms with Crippen LogP contribution in [0.25, 0.3) is 0 Å². The molecule has 0 saturated heterocycles. The fraction of sp³-hybridized carbons (Fsp3) is 0.240. The molecule has 168 valence electrons. The summed E-state index contributed by atoms with van der Waals surface area (Å²) in [7, 11) is 0. The number of anilines is 1. The number of aliphatic hydroxyl groups excluding tert-OH is 2. The zero-order valence-corrected chi connectivity index (χ0v) is 18.3. The van der Waals surface area contributed by atoms with Crippen molar-refractivity contribution < 1.29 is 19.7 Å². The van der Waals surface area contributed by atoms with Gasteiger partial charge < -0.3 is 25.6 Å². The molecule has 0 heterocycles. The number of hydrogen-bond acceptors (Lipinski definition) is 5. The van der Waals surface area contributed by atoms with E-state index in [0.29, 0.717) is 35.0 Å². The lowest BCUT2D eigenvalue weighted by Gasteiger charge is -2.19. The number of ether oxygens (including phenoxy) is 1. The Hall–Kier alpha value is -2.90. The highest BCUT2D eigenvalue weighted by molar-refractivity contribution is 6.31. The molecule has 0 bridgehead atoms. The minimum absolute atomic E-state index is 0.0699. The first-order chi connectivity index (χ1) is 15.5. The Morgan fingerprint density at radius 1 is 1.00 bits per heavy atom. The lowest BCUT2D eigenvalue weighted by Crippen LogP contribution is -2.41. The summed E-state index contributed by atoms with van der Waals surface area (Å²) in [6.07, 6.45) is -0.126. The van der Waals surface area contributed by atoms with Gasteiger partial charge in [0, 0.05) is 28.9 Å². The predicted molar refractivity (Wildman–Crippen MR) is 126 cm³/mol. The minimum atomic E-state index is -0.701. The Balaban J connectivity index is 1.45. The van der Waals surface area contributed by atoms with Crippen molar-refractivity contribution in [3.05, 3.63) is 95.0 Å². The second-order valence-corrected chi connectivity index (χ2v) is 7.87. The maximum absolute atomic E-state index is 12.3. The summed E-state index contributed by atoms with van der Waals surface area (Å²) in [5.41, 5.74) is 2.15. The third-order valence-electron chi connectivity index (χ3n) is 4.83. The molecule has 6 nitrogen and oxygen atoms in total. The zero-order chi connectivity index (χ0) is 22.8. The number of carbonyl (C=O) groups is 1. The van der Waals surface area contributed by atoms with Crippen LogP contribution in [0.15, 0.2) is 78.9 Å². The van der Waals surface area contributed by atoms with Gasteiger partial charge in [-0.1, -0.05) is 48.0 Å². The predicted octanol–water partition coefficient (Wildman–Crippen LogP) is 3.53. The third kappa shape index (κ3) is 7.66. The number of hydrogen-bond donors (Lipinski definition) is 4. The zero-order valence-electron chi connectivity index (χ0n) is 17.6. The first kappa shape index (κ1) is 23.8. The summed E-state index contributed by atoms with van der Waals surface area (Å²) in [5.74, 6) is 0.467. The second kappa shape index (κ2) is 12.2.